The molecule has 2 aromatic heterocycles. The maximum atomic E-state index is 12.0. The molecule has 0 aliphatic heterocycles. The Balaban J connectivity index is 0.00000220. The summed E-state index contributed by atoms with van der Waals surface area (Å²) < 4.78 is 2.00. The number of hydrogen-bond donors (Lipinski definition) is 2. The number of nitrogens with one attached hydrogen (secondary N) is 1. The predicted octanol–water partition coefficient (Wildman–Crippen LogP) is 1.75. The minimum Gasteiger partial charge on any atom is -0.350 e. The smallest absolute Gasteiger partial charge is 0.270 e. The van der Waals surface area contributed by atoms with Gasteiger partial charge in [-0.3, -0.25) is 4.79 Å². The van der Waals surface area contributed by atoms with Gasteiger partial charge in [0.05, 0.1) is 11.3 Å². The molecule has 2 heterocycles. The molecule has 0 saturated heterocycles. The first kappa shape index (κ1) is 20.9. The highest BCUT2D eigenvalue weighted by atomic mass is 35.5. The second-order valence-corrected chi connectivity index (χ2v) is 5.68. The molecule has 0 bridgehead atoms. The lowest BCUT2D eigenvalue weighted by atomic mass is 10.2. The number of thiazole rings is 1. The minimum atomic E-state index is -0.123. The van der Waals surface area contributed by atoms with Gasteiger partial charge in [0, 0.05) is 37.3 Å². The van der Waals surface area contributed by atoms with Crippen LogP contribution in [0.25, 0.3) is 0 Å². The van der Waals surface area contributed by atoms with E-state index in [0.29, 0.717) is 24.7 Å². The lowest BCUT2D eigenvalue weighted by Gasteiger charge is -2.12. The van der Waals surface area contributed by atoms with Gasteiger partial charge in [-0.15, -0.1) is 36.2 Å². The van der Waals surface area contributed by atoms with Crippen molar-refractivity contribution in [3.8, 4) is 0 Å². The molecule has 0 radical (unpaired) electrons. The number of carbonyl (C=O) groups is 1. The van der Waals surface area contributed by atoms with Crippen molar-refractivity contribution >= 4 is 42.1 Å². The molecule has 1 atom stereocenters. The first-order valence-corrected chi connectivity index (χ1v) is 7.45. The fraction of sp³-hybridized carbons (Fsp3) is 0.462. The van der Waals surface area contributed by atoms with Gasteiger partial charge in [-0.05, 0) is 12.5 Å². The van der Waals surface area contributed by atoms with Crippen LogP contribution in [0.4, 0.5) is 0 Å². The summed E-state index contributed by atoms with van der Waals surface area (Å²) in [6.07, 6.45) is 6.16. The van der Waals surface area contributed by atoms with E-state index >= 15 is 0 Å². The zero-order valence-corrected chi connectivity index (χ0v) is 14.7. The van der Waals surface area contributed by atoms with E-state index in [9.17, 15) is 4.79 Å². The summed E-state index contributed by atoms with van der Waals surface area (Å²) in [5, 5.41) is 5.59. The summed E-state index contributed by atoms with van der Waals surface area (Å²) in [6, 6.07) is 0. The number of imidazole rings is 1. The van der Waals surface area contributed by atoms with E-state index in [4.69, 9.17) is 5.73 Å². The van der Waals surface area contributed by atoms with Crippen molar-refractivity contribution < 1.29 is 4.79 Å². The van der Waals surface area contributed by atoms with E-state index in [-0.39, 0.29) is 30.7 Å². The zero-order chi connectivity index (χ0) is 14.4. The molecule has 2 aromatic rings. The van der Waals surface area contributed by atoms with Gasteiger partial charge in [-0.1, -0.05) is 6.92 Å². The van der Waals surface area contributed by atoms with E-state index in [1.54, 1.807) is 17.9 Å². The number of aromatic nitrogens is 3. The first-order chi connectivity index (χ1) is 9.69. The Morgan fingerprint density at radius 2 is 2.27 bits per heavy atom. The molecule has 124 valence electrons. The highest BCUT2D eigenvalue weighted by Gasteiger charge is 2.11. The van der Waals surface area contributed by atoms with Crippen LogP contribution in [0.2, 0.25) is 0 Å². The maximum absolute atomic E-state index is 12.0. The van der Waals surface area contributed by atoms with Crippen LogP contribution in [0.15, 0.2) is 24.1 Å². The fourth-order valence-electron chi connectivity index (χ4n) is 1.83. The van der Waals surface area contributed by atoms with Crippen LogP contribution in [0.5, 0.6) is 0 Å². The fourth-order valence-corrected chi connectivity index (χ4v) is 2.62. The molecular formula is C13H21Cl2N5OS. The van der Waals surface area contributed by atoms with Gasteiger partial charge in [0.15, 0.2) is 0 Å². The lowest BCUT2D eigenvalue weighted by Crippen LogP contribution is -2.30. The van der Waals surface area contributed by atoms with Crippen LogP contribution >= 0.6 is 36.2 Å². The van der Waals surface area contributed by atoms with Crippen molar-refractivity contribution in [2.24, 2.45) is 11.7 Å². The van der Waals surface area contributed by atoms with Gasteiger partial charge < -0.3 is 15.6 Å². The Kier molecular flexibility index (Phi) is 10.0. The van der Waals surface area contributed by atoms with Gasteiger partial charge in [-0.25, -0.2) is 9.97 Å². The second-order valence-electron chi connectivity index (χ2n) is 4.74. The molecule has 0 saturated carbocycles. The summed E-state index contributed by atoms with van der Waals surface area (Å²) in [5.74, 6) is 0.206. The third kappa shape index (κ3) is 6.31. The van der Waals surface area contributed by atoms with Crippen molar-refractivity contribution in [3.63, 3.8) is 0 Å². The molecule has 1 unspecified atom stereocenters. The van der Waals surface area contributed by atoms with Crippen LogP contribution in [-0.2, 0) is 13.0 Å². The molecule has 0 aliphatic rings. The Morgan fingerprint density at radius 3 is 2.91 bits per heavy atom. The van der Waals surface area contributed by atoms with Crippen molar-refractivity contribution in [1.29, 1.82) is 0 Å². The largest absolute Gasteiger partial charge is 0.350 e. The Hall–Kier alpha value is -1.15. The number of carbonyl (C=O) groups excluding carboxylic acids is 1. The zero-order valence-electron chi connectivity index (χ0n) is 12.3. The topological polar surface area (TPSA) is 85.8 Å². The van der Waals surface area contributed by atoms with Gasteiger partial charge in [0.1, 0.15) is 5.69 Å². The summed E-state index contributed by atoms with van der Waals surface area (Å²) in [5.41, 5.74) is 5.95. The molecule has 1 amide bonds. The van der Waals surface area contributed by atoms with Crippen LogP contribution in [0.3, 0.4) is 0 Å². The van der Waals surface area contributed by atoms with Crippen LogP contribution in [0.1, 0.15) is 22.4 Å². The van der Waals surface area contributed by atoms with E-state index in [1.807, 2.05) is 10.8 Å². The first-order valence-electron chi connectivity index (χ1n) is 6.57. The van der Waals surface area contributed by atoms with Crippen LogP contribution < -0.4 is 11.1 Å². The number of nitrogens with two attached hydrogens (primary N) is 1. The molecule has 2 rings (SSSR count). The standard InChI is InChI=1S/C13H19N5OS.2ClH/c1-10(7-18-5-4-15-9-18)6-16-13(19)11-8-20-12(17-11)2-3-14;;/h4-5,8-10H,2-3,6-7,14H2,1H3,(H,16,19);2*1H. The molecule has 6 nitrogen and oxygen atoms in total. The number of nitrogens with zero attached hydrogens (tertiary/aromatic N) is 3. The summed E-state index contributed by atoms with van der Waals surface area (Å²) in [7, 11) is 0. The molecule has 3 N–H and O–H groups in total. The van der Waals surface area contributed by atoms with Gasteiger partial charge >= 0.3 is 0 Å². The highest BCUT2D eigenvalue weighted by Crippen LogP contribution is 2.10. The quantitative estimate of drug-likeness (QED) is 0.782. The van der Waals surface area contributed by atoms with E-state index in [2.05, 4.69) is 22.2 Å². The number of rotatable bonds is 7. The van der Waals surface area contributed by atoms with E-state index in [1.165, 1.54) is 11.3 Å². The van der Waals surface area contributed by atoms with Gasteiger partial charge in [-0.2, -0.15) is 0 Å². The molecule has 22 heavy (non-hydrogen) atoms. The lowest BCUT2D eigenvalue weighted by molar-refractivity contribution is 0.0942. The SMILES string of the molecule is CC(CNC(=O)c1csc(CCN)n1)Cn1ccnc1.Cl.Cl. The van der Waals surface area contributed by atoms with Crippen molar-refractivity contribution in [2.45, 2.75) is 19.9 Å². The van der Waals surface area contributed by atoms with Gasteiger partial charge in [0.2, 0.25) is 0 Å². The third-order valence-electron chi connectivity index (χ3n) is 2.84. The van der Waals surface area contributed by atoms with Crippen molar-refractivity contribution in [1.82, 2.24) is 19.9 Å². The monoisotopic (exact) mass is 365 g/mol. The normalized spacial score (nSPS) is 11.2. The Bertz CT molecular complexity index is 546. The average molecular weight is 366 g/mol. The van der Waals surface area contributed by atoms with E-state index < -0.39 is 0 Å². The molecule has 9 heteroatoms. The predicted molar refractivity (Wildman–Crippen MR) is 93.1 cm³/mol. The van der Waals surface area contributed by atoms with Gasteiger partial charge in [0.25, 0.3) is 5.91 Å². The molecule has 0 fully saturated rings. The van der Waals surface area contributed by atoms with Crippen molar-refractivity contribution in [3.05, 3.63) is 34.8 Å². The molecule has 0 aliphatic carbocycles. The van der Waals surface area contributed by atoms with Crippen LogP contribution in [-0.4, -0.2) is 33.5 Å². The van der Waals surface area contributed by atoms with E-state index in [0.717, 1.165) is 18.0 Å². The Morgan fingerprint density at radius 1 is 1.50 bits per heavy atom. The number of hydrogen-bond acceptors (Lipinski definition) is 5. The Labute approximate surface area is 146 Å². The number of amides is 1. The summed E-state index contributed by atoms with van der Waals surface area (Å²) in [6.45, 7) is 4.08. The van der Waals surface area contributed by atoms with Crippen molar-refractivity contribution in [2.75, 3.05) is 13.1 Å². The highest BCUT2D eigenvalue weighted by molar-refractivity contribution is 7.09. The number of halogens is 2. The molecular weight excluding hydrogens is 345 g/mol. The molecule has 0 spiro atoms. The summed E-state index contributed by atoms with van der Waals surface area (Å²) >= 11 is 1.48. The second kappa shape index (κ2) is 10.6. The minimum absolute atomic E-state index is 0. The van der Waals surface area contributed by atoms with Crippen LogP contribution in [0, 0.1) is 5.92 Å². The molecule has 0 aromatic carbocycles. The average Bonchev–Trinajstić information content (AvgIpc) is 3.08. The third-order valence-corrected chi connectivity index (χ3v) is 3.74. The summed E-state index contributed by atoms with van der Waals surface area (Å²) in [4.78, 5) is 20.2. The maximum Gasteiger partial charge on any atom is 0.270 e.